The Kier molecular flexibility index (Phi) is 3.41. The lowest BCUT2D eigenvalue weighted by Gasteiger charge is -2.07. The Morgan fingerprint density at radius 3 is 2.60 bits per heavy atom. The summed E-state index contributed by atoms with van der Waals surface area (Å²) in [6, 6.07) is 18.0. The minimum atomic E-state index is 0.326. The molecule has 0 unspecified atom stereocenters. The van der Waals surface area contributed by atoms with E-state index in [1.165, 1.54) is 5.56 Å². The van der Waals surface area contributed by atoms with Crippen molar-refractivity contribution in [3.8, 4) is 6.07 Å². The van der Waals surface area contributed by atoms with Gasteiger partial charge in [0.2, 0.25) is 0 Å². The number of nitriles is 1. The standard InChI is InChI=1S/C16H12ClN3/c17-9-15-19-16-13(10-18)7-4-8-14(16)20(15)11-12-5-2-1-3-6-12/h1-8H,9,11H2. The van der Waals surface area contributed by atoms with Crippen molar-refractivity contribution >= 4 is 22.6 Å². The summed E-state index contributed by atoms with van der Waals surface area (Å²) in [5.74, 6) is 1.11. The minimum Gasteiger partial charge on any atom is -0.322 e. The molecule has 0 spiro atoms. The summed E-state index contributed by atoms with van der Waals surface area (Å²) < 4.78 is 2.07. The fraction of sp³-hybridized carbons (Fsp3) is 0.125. The maximum atomic E-state index is 9.17. The number of rotatable bonds is 3. The predicted octanol–water partition coefficient (Wildman–Crippen LogP) is 3.70. The van der Waals surface area contributed by atoms with Gasteiger partial charge in [-0.1, -0.05) is 36.4 Å². The fourth-order valence-electron chi connectivity index (χ4n) is 2.33. The Balaban J connectivity index is 2.17. The van der Waals surface area contributed by atoms with E-state index in [0.717, 1.165) is 16.9 Å². The zero-order chi connectivity index (χ0) is 13.9. The summed E-state index contributed by atoms with van der Waals surface area (Å²) in [5.41, 5.74) is 3.44. The number of nitrogens with zero attached hydrogens (tertiary/aromatic N) is 3. The fourth-order valence-corrected chi connectivity index (χ4v) is 2.53. The third-order valence-electron chi connectivity index (χ3n) is 3.28. The monoisotopic (exact) mass is 281 g/mol. The summed E-state index contributed by atoms with van der Waals surface area (Å²) in [4.78, 5) is 4.51. The number of fused-ring (bicyclic) bond motifs is 1. The predicted molar refractivity (Wildman–Crippen MR) is 79.5 cm³/mol. The van der Waals surface area contributed by atoms with Gasteiger partial charge >= 0.3 is 0 Å². The molecule has 0 atom stereocenters. The molecule has 0 amide bonds. The van der Waals surface area contributed by atoms with Crippen molar-refractivity contribution in [2.75, 3.05) is 0 Å². The molecule has 0 bridgehead atoms. The second kappa shape index (κ2) is 5.36. The minimum absolute atomic E-state index is 0.326. The van der Waals surface area contributed by atoms with Crippen LogP contribution >= 0.6 is 11.6 Å². The molecule has 0 saturated carbocycles. The van der Waals surface area contributed by atoms with Crippen molar-refractivity contribution in [1.29, 1.82) is 5.26 Å². The van der Waals surface area contributed by atoms with Crippen LogP contribution in [0.4, 0.5) is 0 Å². The van der Waals surface area contributed by atoms with Gasteiger partial charge < -0.3 is 4.57 Å². The van der Waals surface area contributed by atoms with Gasteiger partial charge in [-0.25, -0.2) is 4.98 Å². The molecule has 3 rings (SSSR count). The zero-order valence-corrected chi connectivity index (χ0v) is 11.5. The van der Waals surface area contributed by atoms with Crippen LogP contribution in [0.1, 0.15) is 17.0 Å². The normalized spacial score (nSPS) is 10.6. The second-order valence-corrected chi connectivity index (χ2v) is 4.79. The van der Waals surface area contributed by atoms with Crippen molar-refractivity contribution in [1.82, 2.24) is 9.55 Å². The Hall–Kier alpha value is -2.31. The lowest BCUT2D eigenvalue weighted by molar-refractivity contribution is 0.779. The van der Waals surface area contributed by atoms with Crippen LogP contribution in [-0.2, 0) is 12.4 Å². The van der Waals surface area contributed by atoms with Crippen LogP contribution in [0.15, 0.2) is 48.5 Å². The van der Waals surface area contributed by atoms with Gasteiger partial charge in [-0.15, -0.1) is 11.6 Å². The Bertz CT molecular complexity index is 785. The van der Waals surface area contributed by atoms with Gasteiger partial charge in [0.25, 0.3) is 0 Å². The number of para-hydroxylation sites is 1. The highest BCUT2D eigenvalue weighted by molar-refractivity contribution is 6.16. The summed E-state index contributed by atoms with van der Waals surface area (Å²) in [6.45, 7) is 0.703. The van der Waals surface area contributed by atoms with Crippen molar-refractivity contribution in [2.24, 2.45) is 0 Å². The molecule has 98 valence electrons. The zero-order valence-electron chi connectivity index (χ0n) is 10.8. The van der Waals surface area contributed by atoms with E-state index >= 15 is 0 Å². The average molecular weight is 282 g/mol. The van der Waals surface area contributed by atoms with Crippen LogP contribution in [0.2, 0.25) is 0 Å². The molecule has 1 aromatic heterocycles. The first-order valence-electron chi connectivity index (χ1n) is 6.31. The summed E-state index contributed by atoms with van der Waals surface area (Å²) >= 11 is 6.00. The largest absolute Gasteiger partial charge is 0.322 e. The highest BCUT2D eigenvalue weighted by Crippen LogP contribution is 2.22. The Morgan fingerprint density at radius 1 is 1.10 bits per heavy atom. The first-order chi connectivity index (χ1) is 9.83. The van der Waals surface area contributed by atoms with E-state index in [-0.39, 0.29) is 0 Å². The molecule has 0 aliphatic rings. The lowest BCUT2D eigenvalue weighted by Crippen LogP contribution is -2.03. The topological polar surface area (TPSA) is 41.6 Å². The van der Waals surface area contributed by atoms with E-state index in [0.29, 0.717) is 18.0 Å². The maximum Gasteiger partial charge on any atom is 0.125 e. The molecule has 3 aromatic rings. The summed E-state index contributed by atoms with van der Waals surface area (Å²) in [7, 11) is 0. The van der Waals surface area contributed by atoms with Crippen LogP contribution < -0.4 is 0 Å². The molecule has 0 saturated heterocycles. The first-order valence-corrected chi connectivity index (χ1v) is 6.85. The maximum absolute atomic E-state index is 9.17. The second-order valence-electron chi connectivity index (χ2n) is 4.52. The number of hydrogen-bond acceptors (Lipinski definition) is 2. The van der Waals surface area contributed by atoms with Crippen molar-refractivity contribution in [3.63, 3.8) is 0 Å². The highest BCUT2D eigenvalue weighted by Gasteiger charge is 2.12. The van der Waals surface area contributed by atoms with Crippen LogP contribution in [0.3, 0.4) is 0 Å². The number of imidazole rings is 1. The van der Waals surface area contributed by atoms with Gasteiger partial charge in [0, 0.05) is 6.54 Å². The van der Waals surface area contributed by atoms with Crippen LogP contribution in [0, 0.1) is 11.3 Å². The number of alkyl halides is 1. The quantitative estimate of drug-likeness (QED) is 0.687. The smallest absolute Gasteiger partial charge is 0.125 e. The molecule has 2 aromatic carbocycles. The number of benzene rings is 2. The summed E-state index contributed by atoms with van der Waals surface area (Å²) in [6.07, 6.45) is 0. The molecule has 0 fully saturated rings. The van der Waals surface area contributed by atoms with Gasteiger partial charge in [0.05, 0.1) is 17.0 Å². The highest BCUT2D eigenvalue weighted by atomic mass is 35.5. The Labute approximate surface area is 122 Å². The molecule has 1 heterocycles. The van der Waals surface area contributed by atoms with E-state index < -0.39 is 0 Å². The van der Waals surface area contributed by atoms with Gasteiger partial charge in [-0.2, -0.15) is 5.26 Å². The van der Waals surface area contributed by atoms with Gasteiger partial charge in [0.1, 0.15) is 17.4 Å². The number of hydrogen-bond donors (Lipinski definition) is 0. The van der Waals surface area contributed by atoms with Crippen LogP contribution in [-0.4, -0.2) is 9.55 Å². The SMILES string of the molecule is N#Cc1cccc2c1nc(CCl)n2Cc1ccccc1. The van der Waals surface area contributed by atoms with E-state index in [1.807, 2.05) is 30.3 Å². The average Bonchev–Trinajstić information content (AvgIpc) is 2.86. The Morgan fingerprint density at radius 2 is 1.90 bits per heavy atom. The van der Waals surface area contributed by atoms with Crippen molar-refractivity contribution in [2.45, 2.75) is 12.4 Å². The van der Waals surface area contributed by atoms with E-state index in [1.54, 1.807) is 6.07 Å². The molecule has 3 nitrogen and oxygen atoms in total. The molecule has 0 N–H and O–H groups in total. The molecule has 0 radical (unpaired) electrons. The van der Waals surface area contributed by atoms with E-state index in [4.69, 9.17) is 16.9 Å². The third-order valence-corrected chi connectivity index (χ3v) is 3.52. The molecule has 4 heteroatoms. The lowest BCUT2D eigenvalue weighted by atomic mass is 10.2. The van der Waals surface area contributed by atoms with Crippen molar-refractivity contribution in [3.05, 3.63) is 65.5 Å². The first kappa shape index (κ1) is 12.7. The van der Waals surface area contributed by atoms with Crippen LogP contribution in [0.25, 0.3) is 11.0 Å². The molecule has 0 aliphatic heterocycles. The van der Waals surface area contributed by atoms with Gasteiger partial charge in [0.15, 0.2) is 0 Å². The van der Waals surface area contributed by atoms with Gasteiger partial charge in [-0.05, 0) is 17.7 Å². The van der Waals surface area contributed by atoms with Gasteiger partial charge in [-0.3, -0.25) is 0 Å². The summed E-state index contributed by atoms with van der Waals surface area (Å²) in [5, 5.41) is 9.17. The van der Waals surface area contributed by atoms with E-state index in [9.17, 15) is 0 Å². The number of halogens is 1. The van der Waals surface area contributed by atoms with Crippen LogP contribution in [0.5, 0.6) is 0 Å². The molecular formula is C16H12ClN3. The van der Waals surface area contributed by atoms with E-state index in [2.05, 4.69) is 27.8 Å². The molecular weight excluding hydrogens is 270 g/mol. The van der Waals surface area contributed by atoms with Crippen molar-refractivity contribution < 1.29 is 0 Å². The molecule has 0 aliphatic carbocycles. The number of aromatic nitrogens is 2. The molecule has 20 heavy (non-hydrogen) atoms. The third kappa shape index (κ3) is 2.15.